The highest BCUT2D eigenvalue weighted by Gasteiger charge is 2.33. The average Bonchev–Trinajstić information content (AvgIpc) is 3.25. The average molecular weight is 422 g/mol. The second kappa shape index (κ2) is 7.99. The maximum absolute atomic E-state index is 13.4. The summed E-state index contributed by atoms with van der Waals surface area (Å²) in [4.78, 5) is 34.0. The summed E-state index contributed by atoms with van der Waals surface area (Å²) < 4.78 is 0. The van der Waals surface area contributed by atoms with Crippen LogP contribution in [-0.2, 0) is 17.6 Å². The normalized spacial score (nSPS) is 20.4. The number of nitrogens with one attached hydrogen (secondary N) is 1. The van der Waals surface area contributed by atoms with Gasteiger partial charge >= 0.3 is 0 Å². The van der Waals surface area contributed by atoms with Gasteiger partial charge < -0.3 is 10.2 Å². The number of hydrogen-bond donors (Lipinski definition) is 1. The molecule has 1 N–H and O–H groups in total. The van der Waals surface area contributed by atoms with Gasteiger partial charge in [0.05, 0.1) is 11.3 Å². The number of fused-ring (bicyclic) bond motifs is 2. The van der Waals surface area contributed by atoms with E-state index in [-0.39, 0.29) is 17.9 Å². The molecule has 2 aromatic rings. The Labute approximate surface area is 181 Å². The van der Waals surface area contributed by atoms with Crippen molar-refractivity contribution >= 4 is 39.6 Å². The molecule has 0 spiro atoms. The van der Waals surface area contributed by atoms with E-state index in [2.05, 4.69) is 5.32 Å². The predicted octanol–water partition coefficient (Wildman–Crippen LogP) is 4.79. The van der Waals surface area contributed by atoms with Crippen LogP contribution >= 0.6 is 11.3 Å². The van der Waals surface area contributed by atoms with E-state index in [1.165, 1.54) is 24.1 Å². The summed E-state index contributed by atoms with van der Waals surface area (Å²) in [7, 11) is 1.78. The first-order chi connectivity index (χ1) is 14.6. The molecule has 5 nitrogen and oxygen atoms in total. The molecule has 2 heterocycles. The second-order valence-electron chi connectivity index (χ2n) is 8.54. The summed E-state index contributed by atoms with van der Waals surface area (Å²) in [5, 5.41) is 3.98. The van der Waals surface area contributed by atoms with E-state index in [0.717, 1.165) is 55.3 Å². The van der Waals surface area contributed by atoms with E-state index in [4.69, 9.17) is 4.99 Å². The molecule has 2 aliphatic carbocycles. The maximum atomic E-state index is 13.4. The van der Waals surface area contributed by atoms with Crippen molar-refractivity contribution in [3.8, 4) is 0 Å². The highest BCUT2D eigenvalue weighted by molar-refractivity contribution is 7.16. The van der Waals surface area contributed by atoms with Crippen LogP contribution in [0.3, 0.4) is 0 Å². The third kappa shape index (κ3) is 3.37. The standard InChI is InChI=1S/C24H27N3O2S/c1-27-18-13-7-5-11-16(18)21(24(27)29)26-23-20(17-12-6-8-14-19(17)30-23)22(28)25-15-9-3-2-4-10-15/h5,7,11,13,15H,2-4,6,8-10,12,14H2,1H3,(H,25,28). The number of anilines is 1. The van der Waals surface area contributed by atoms with E-state index in [0.29, 0.717) is 16.3 Å². The van der Waals surface area contributed by atoms with Crippen LogP contribution in [0.25, 0.3) is 0 Å². The number of rotatable bonds is 3. The van der Waals surface area contributed by atoms with E-state index < -0.39 is 0 Å². The fourth-order valence-electron chi connectivity index (χ4n) is 4.93. The first-order valence-electron chi connectivity index (χ1n) is 11.0. The lowest BCUT2D eigenvalue weighted by molar-refractivity contribution is -0.111. The highest BCUT2D eigenvalue weighted by atomic mass is 32.1. The molecule has 1 fully saturated rings. The molecule has 0 radical (unpaired) electrons. The first kappa shape index (κ1) is 19.5. The monoisotopic (exact) mass is 421 g/mol. The van der Waals surface area contributed by atoms with Crippen LogP contribution in [0.1, 0.15) is 71.3 Å². The summed E-state index contributed by atoms with van der Waals surface area (Å²) in [6.45, 7) is 0. The Morgan fingerprint density at radius 1 is 1.10 bits per heavy atom. The Morgan fingerprint density at radius 2 is 1.87 bits per heavy atom. The third-order valence-electron chi connectivity index (χ3n) is 6.56. The van der Waals surface area contributed by atoms with Crippen LogP contribution in [-0.4, -0.2) is 30.6 Å². The summed E-state index contributed by atoms with van der Waals surface area (Å²) in [5.74, 6) is -0.117. The SMILES string of the molecule is CN1C(=O)C(=Nc2sc3c(c2C(=O)NC2CCCCC2)CCCC3)c2ccccc21. The third-order valence-corrected chi connectivity index (χ3v) is 7.75. The van der Waals surface area contributed by atoms with Gasteiger partial charge in [0.25, 0.3) is 11.8 Å². The van der Waals surface area contributed by atoms with E-state index in [9.17, 15) is 9.59 Å². The molecule has 0 atom stereocenters. The van der Waals surface area contributed by atoms with Gasteiger partial charge in [-0.3, -0.25) is 9.59 Å². The van der Waals surface area contributed by atoms with E-state index in [1.807, 2.05) is 24.3 Å². The molecule has 1 saturated carbocycles. The lowest BCUT2D eigenvalue weighted by Gasteiger charge is -2.23. The van der Waals surface area contributed by atoms with Crippen molar-refractivity contribution in [3.63, 3.8) is 0 Å². The van der Waals surface area contributed by atoms with Crippen molar-refractivity contribution in [2.24, 2.45) is 4.99 Å². The number of amides is 2. The minimum absolute atomic E-state index is 0.00673. The summed E-state index contributed by atoms with van der Waals surface area (Å²) >= 11 is 1.60. The van der Waals surface area contributed by atoms with Crippen LogP contribution < -0.4 is 10.2 Å². The number of nitrogens with zero attached hydrogens (tertiary/aromatic N) is 2. The van der Waals surface area contributed by atoms with Gasteiger partial charge in [0, 0.05) is 23.5 Å². The lowest BCUT2D eigenvalue weighted by Crippen LogP contribution is -2.36. The molecule has 1 aromatic heterocycles. The molecule has 1 aliphatic heterocycles. The van der Waals surface area contributed by atoms with Crippen LogP contribution in [0, 0.1) is 0 Å². The smallest absolute Gasteiger partial charge is 0.277 e. The van der Waals surface area contributed by atoms with Crippen LogP contribution in [0.4, 0.5) is 10.7 Å². The van der Waals surface area contributed by atoms with Crippen LogP contribution in [0.15, 0.2) is 29.3 Å². The number of carbonyl (C=O) groups excluding carboxylic acids is 2. The van der Waals surface area contributed by atoms with Gasteiger partial charge in [0.2, 0.25) is 0 Å². The van der Waals surface area contributed by atoms with Gasteiger partial charge in [0.1, 0.15) is 10.7 Å². The van der Waals surface area contributed by atoms with E-state index in [1.54, 1.807) is 23.3 Å². The fraction of sp³-hybridized carbons (Fsp3) is 0.458. The molecule has 1 aromatic carbocycles. The second-order valence-corrected chi connectivity index (χ2v) is 9.62. The quantitative estimate of drug-likeness (QED) is 0.775. The van der Waals surface area contributed by atoms with Crippen LogP contribution in [0.5, 0.6) is 0 Å². The number of aryl methyl sites for hydroxylation is 1. The molecular weight excluding hydrogens is 394 g/mol. The number of carbonyl (C=O) groups is 2. The largest absolute Gasteiger partial charge is 0.349 e. The number of para-hydroxylation sites is 1. The topological polar surface area (TPSA) is 61.8 Å². The molecule has 3 aliphatic rings. The number of likely N-dealkylation sites (N-methyl/N-ethyl adjacent to an activating group) is 1. The molecule has 6 heteroatoms. The first-order valence-corrected chi connectivity index (χ1v) is 11.9. The zero-order chi connectivity index (χ0) is 20.7. The minimum Gasteiger partial charge on any atom is -0.349 e. The van der Waals surface area contributed by atoms with E-state index >= 15 is 0 Å². The Hall–Kier alpha value is -2.47. The van der Waals surface area contributed by atoms with Crippen LogP contribution in [0.2, 0.25) is 0 Å². The molecular formula is C24H27N3O2S. The molecule has 30 heavy (non-hydrogen) atoms. The van der Waals surface area contributed by atoms with Crippen molar-refractivity contribution in [3.05, 3.63) is 45.8 Å². The molecule has 0 unspecified atom stereocenters. The number of benzene rings is 1. The van der Waals surface area contributed by atoms with Gasteiger partial charge in [-0.05, 0) is 50.2 Å². The van der Waals surface area contributed by atoms with Crippen molar-refractivity contribution in [2.75, 3.05) is 11.9 Å². The molecule has 156 valence electrons. The maximum Gasteiger partial charge on any atom is 0.277 e. The Morgan fingerprint density at radius 3 is 2.70 bits per heavy atom. The van der Waals surface area contributed by atoms with Crippen molar-refractivity contribution in [1.29, 1.82) is 0 Å². The number of thiophene rings is 1. The fourth-order valence-corrected chi connectivity index (χ4v) is 6.19. The zero-order valence-corrected chi connectivity index (χ0v) is 18.2. The summed E-state index contributed by atoms with van der Waals surface area (Å²) in [6, 6.07) is 7.98. The van der Waals surface area contributed by atoms with Gasteiger partial charge in [-0.15, -0.1) is 11.3 Å². The van der Waals surface area contributed by atoms with Gasteiger partial charge in [-0.1, -0.05) is 37.5 Å². The highest BCUT2D eigenvalue weighted by Crippen LogP contribution is 2.41. The van der Waals surface area contributed by atoms with Gasteiger partial charge in [-0.25, -0.2) is 4.99 Å². The molecule has 5 rings (SSSR count). The Balaban J connectivity index is 1.55. The predicted molar refractivity (Wildman–Crippen MR) is 121 cm³/mol. The van der Waals surface area contributed by atoms with Crippen molar-refractivity contribution in [2.45, 2.75) is 63.8 Å². The Bertz CT molecular complexity index is 1030. The lowest BCUT2D eigenvalue weighted by atomic mass is 9.93. The molecule has 2 amide bonds. The van der Waals surface area contributed by atoms with Gasteiger partial charge in [-0.2, -0.15) is 0 Å². The van der Waals surface area contributed by atoms with Gasteiger partial charge in [0.15, 0.2) is 0 Å². The zero-order valence-electron chi connectivity index (χ0n) is 17.4. The summed E-state index contributed by atoms with van der Waals surface area (Å²) in [6.07, 6.45) is 9.91. The summed E-state index contributed by atoms with van der Waals surface area (Å²) in [5.41, 5.74) is 4.03. The number of hydrogen-bond acceptors (Lipinski definition) is 4. The Kier molecular flexibility index (Phi) is 5.19. The van der Waals surface area contributed by atoms with Crippen molar-refractivity contribution in [1.82, 2.24) is 5.32 Å². The number of aliphatic imine (C=N–C) groups is 1. The molecule has 0 bridgehead atoms. The van der Waals surface area contributed by atoms with Crippen molar-refractivity contribution < 1.29 is 9.59 Å². The molecule has 0 saturated heterocycles. The minimum atomic E-state index is -0.110.